The number of carbonyl (C=O) groups is 2. The van der Waals surface area contributed by atoms with E-state index in [0.29, 0.717) is 38.0 Å². The molecular formula is C21H27N3O4S. The number of fused-ring (bicyclic) bond motifs is 1. The standard InChI is InChI=1S/C21H27N3O4S/c1-16(25)19-14-24(20-5-3-2-4-18(19)20)8-6-21(26)23-11-9-22(10-12-23)17-7-13-29(27,28)15-17/h2-5,14,17H,6-13,15H2,1H3. The van der Waals surface area contributed by atoms with Gasteiger partial charge in [0.1, 0.15) is 0 Å². The highest BCUT2D eigenvalue weighted by atomic mass is 32.2. The topological polar surface area (TPSA) is 79.7 Å². The number of rotatable bonds is 5. The van der Waals surface area contributed by atoms with Crippen LogP contribution in [-0.2, 0) is 21.2 Å². The Morgan fingerprint density at radius 1 is 1.10 bits per heavy atom. The number of hydrogen-bond acceptors (Lipinski definition) is 5. The lowest BCUT2D eigenvalue weighted by molar-refractivity contribution is -0.133. The van der Waals surface area contributed by atoms with Gasteiger partial charge in [0, 0.05) is 67.8 Å². The summed E-state index contributed by atoms with van der Waals surface area (Å²) >= 11 is 0. The Morgan fingerprint density at radius 2 is 1.83 bits per heavy atom. The monoisotopic (exact) mass is 417 g/mol. The van der Waals surface area contributed by atoms with Crippen molar-refractivity contribution >= 4 is 32.4 Å². The van der Waals surface area contributed by atoms with Gasteiger partial charge in [0.05, 0.1) is 11.5 Å². The van der Waals surface area contributed by atoms with E-state index in [4.69, 9.17) is 0 Å². The molecule has 1 unspecified atom stereocenters. The number of carbonyl (C=O) groups excluding carboxylic acids is 2. The van der Waals surface area contributed by atoms with Crippen LogP contribution in [-0.4, -0.2) is 78.2 Å². The molecule has 3 heterocycles. The quantitative estimate of drug-likeness (QED) is 0.690. The molecule has 2 aromatic rings. The van der Waals surface area contributed by atoms with Crippen LogP contribution in [0.15, 0.2) is 30.5 Å². The minimum absolute atomic E-state index is 0.0244. The van der Waals surface area contributed by atoms with Crippen molar-refractivity contribution in [2.45, 2.75) is 32.4 Å². The molecule has 4 rings (SSSR count). The molecule has 2 aliphatic heterocycles. The number of piperazine rings is 1. The van der Waals surface area contributed by atoms with E-state index in [0.717, 1.165) is 24.0 Å². The predicted octanol–water partition coefficient (Wildman–Crippen LogP) is 1.57. The second-order valence-electron chi connectivity index (χ2n) is 8.03. The number of nitrogens with zero attached hydrogens (tertiary/aromatic N) is 3. The molecule has 0 spiro atoms. The maximum absolute atomic E-state index is 12.7. The molecule has 1 atom stereocenters. The average molecular weight is 418 g/mol. The van der Waals surface area contributed by atoms with E-state index in [2.05, 4.69) is 4.90 Å². The van der Waals surface area contributed by atoms with Gasteiger partial charge >= 0.3 is 0 Å². The third-order valence-electron chi connectivity index (χ3n) is 6.13. The van der Waals surface area contributed by atoms with Crippen molar-refractivity contribution in [2.24, 2.45) is 0 Å². The van der Waals surface area contributed by atoms with Crippen molar-refractivity contribution in [3.63, 3.8) is 0 Å². The summed E-state index contributed by atoms with van der Waals surface area (Å²) in [5.41, 5.74) is 1.66. The van der Waals surface area contributed by atoms with Gasteiger partial charge in [-0.05, 0) is 19.4 Å². The van der Waals surface area contributed by atoms with Gasteiger partial charge in [-0.25, -0.2) is 8.42 Å². The van der Waals surface area contributed by atoms with E-state index in [1.165, 1.54) is 0 Å². The fourth-order valence-corrected chi connectivity index (χ4v) is 6.25. The second-order valence-corrected chi connectivity index (χ2v) is 10.3. The molecule has 2 fully saturated rings. The Labute approximate surface area is 171 Å². The molecule has 7 nitrogen and oxygen atoms in total. The smallest absolute Gasteiger partial charge is 0.224 e. The van der Waals surface area contributed by atoms with Crippen molar-refractivity contribution in [3.8, 4) is 0 Å². The lowest BCUT2D eigenvalue weighted by Gasteiger charge is -2.37. The molecule has 2 saturated heterocycles. The van der Waals surface area contributed by atoms with Crippen molar-refractivity contribution in [3.05, 3.63) is 36.0 Å². The molecule has 1 aromatic heterocycles. The van der Waals surface area contributed by atoms with Gasteiger partial charge in [0.2, 0.25) is 5.91 Å². The number of ketones is 1. The summed E-state index contributed by atoms with van der Waals surface area (Å²) in [4.78, 5) is 28.7. The fraction of sp³-hybridized carbons (Fsp3) is 0.524. The normalized spacial score (nSPS) is 22.2. The number of benzene rings is 1. The van der Waals surface area contributed by atoms with E-state index < -0.39 is 9.84 Å². The number of hydrogen-bond donors (Lipinski definition) is 0. The van der Waals surface area contributed by atoms with Gasteiger partial charge < -0.3 is 9.47 Å². The Morgan fingerprint density at radius 3 is 2.48 bits per heavy atom. The lowest BCUT2D eigenvalue weighted by Crippen LogP contribution is -2.52. The summed E-state index contributed by atoms with van der Waals surface area (Å²) in [6, 6.07) is 7.87. The maximum Gasteiger partial charge on any atom is 0.224 e. The maximum atomic E-state index is 12.7. The summed E-state index contributed by atoms with van der Waals surface area (Å²) in [7, 11) is -2.89. The van der Waals surface area contributed by atoms with Crippen LogP contribution in [0.2, 0.25) is 0 Å². The van der Waals surface area contributed by atoms with E-state index in [9.17, 15) is 18.0 Å². The number of Topliss-reactive ketones (excluding diaryl/α,β-unsaturated/α-hetero) is 1. The molecule has 1 amide bonds. The highest BCUT2D eigenvalue weighted by molar-refractivity contribution is 7.91. The second kappa shape index (κ2) is 7.91. The first-order chi connectivity index (χ1) is 13.8. The molecule has 0 saturated carbocycles. The predicted molar refractivity (Wildman–Crippen MR) is 112 cm³/mol. The van der Waals surface area contributed by atoms with Gasteiger partial charge in [0.25, 0.3) is 0 Å². The Hall–Kier alpha value is -2.19. The van der Waals surface area contributed by atoms with Gasteiger partial charge in [-0.3, -0.25) is 14.5 Å². The first-order valence-corrected chi connectivity index (χ1v) is 12.0. The zero-order valence-corrected chi connectivity index (χ0v) is 17.5. The Balaban J connectivity index is 1.34. The third kappa shape index (κ3) is 4.23. The first-order valence-electron chi connectivity index (χ1n) is 10.1. The molecular weight excluding hydrogens is 390 g/mol. The highest BCUT2D eigenvalue weighted by Crippen LogP contribution is 2.23. The van der Waals surface area contributed by atoms with Gasteiger partial charge in [-0.15, -0.1) is 0 Å². The van der Waals surface area contributed by atoms with E-state index in [1.54, 1.807) is 6.92 Å². The van der Waals surface area contributed by atoms with Crippen LogP contribution >= 0.6 is 0 Å². The highest BCUT2D eigenvalue weighted by Gasteiger charge is 2.34. The van der Waals surface area contributed by atoms with Crippen molar-refractivity contribution < 1.29 is 18.0 Å². The Bertz CT molecular complexity index is 1040. The van der Waals surface area contributed by atoms with E-state index in [-0.39, 0.29) is 29.2 Å². The third-order valence-corrected chi connectivity index (χ3v) is 7.88. The lowest BCUT2D eigenvalue weighted by atomic mass is 10.1. The fourth-order valence-electron chi connectivity index (χ4n) is 4.49. The number of aryl methyl sites for hydroxylation is 1. The molecule has 2 aliphatic rings. The largest absolute Gasteiger partial charge is 0.346 e. The van der Waals surface area contributed by atoms with Crippen LogP contribution in [0.25, 0.3) is 10.9 Å². The van der Waals surface area contributed by atoms with E-state index in [1.807, 2.05) is 39.9 Å². The summed E-state index contributed by atoms with van der Waals surface area (Å²) in [5, 5.41) is 0.924. The zero-order valence-electron chi connectivity index (χ0n) is 16.7. The van der Waals surface area contributed by atoms with Gasteiger partial charge in [-0.1, -0.05) is 18.2 Å². The average Bonchev–Trinajstić information content (AvgIpc) is 3.26. The van der Waals surface area contributed by atoms with Crippen LogP contribution < -0.4 is 0 Å². The molecule has 0 radical (unpaired) electrons. The summed E-state index contributed by atoms with van der Waals surface area (Å²) in [6.07, 6.45) is 2.93. The number of amides is 1. The van der Waals surface area contributed by atoms with Crippen molar-refractivity contribution in [1.29, 1.82) is 0 Å². The molecule has 156 valence electrons. The first kappa shape index (κ1) is 20.1. The van der Waals surface area contributed by atoms with Crippen LogP contribution in [0.1, 0.15) is 30.1 Å². The van der Waals surface area contributed by atoms with Crippen LogP contribution in [0.3, 0.4) is 0 Å². The summed E-state index contributed by atoms with van der Waals surface area (Å²) in [5.74, 6) is 0.659. The summed E-state index contributed by atoms with van der Waals surface area (Å²) < 4.78 is 25.4. The number of sulfone groups is 1. The van der Waals surface area contributed by atoms with Crippen molar-refractivity contribution in [2.75, 3.05) is 37.7 Å². The molecule has 0 aliphatic carbocycles. The van der Waals surface area contributed by atoms with Gasteiger partial charge in [-0.2, -0.15) is 0 Å². The molecule has 0 N–H and O–H groups in total. The zero-order chi connectivity index (χ0) is 20.6. The van der Waals surface area contributed by atoms with Crippen LogP contribution in [0.4, 0.5) is 0 Å². The van der Waals surface area contributed by atoms with Crippen molar-refractivity contribution in [1.82, 2.24) is 14.4 Å². The van der Waals surface area contributed by atoms with Crippen LogP contribution in [0, 0.1) is 0 Å². The number of para-hydroxylation sites is 1. The van der Waals surface area contributed by atoms with E-state index >= 15 is 0 Å². The molecule has 0 bridgehead atoms. The minimum atomic E-state index is -2.89. The molecule has 29 heavy (non-hydrogen) atoms. The van der Waals surface area contributed by atoms with Crippen LogP contribution in [0.5, 0.6) is 0 Å². The SMILES string of the molecule is CC(=O)c1cn(CCC(=O)N2CCN(C3CCS(=O)(=O)C3)CC2)c2ccccc12. The molecule has 8 heteroatoms. The summed E-state index contributed by atoms with van der Waals surface area (Å²) in [6.45, 7) is 4.83. The Kier molecular flexibility index (Phi) is 5.48. The molecule has 1 aromatic carbocycles. The van der Waals surface area contributed by atoms with Gasteiger partial charge in [0.15, 0.2) is 15.6 Å². The number of aromatic nitrogens is 1. The minimum Gasteiger partial charge on any atom is -0.346 e.